The fourth-order valence-corrected chi connectivity index (χ4v) is 5.83. The minimum Gasteiger partial charge on any atom is -0.481 e. The van der Waals surface area contributed by atoms with Crippen molar-refractivity contribution in [1.82, 2.24) is 10.2 Å². The molecule has 9 nitrogen and oxygen atoms in total. The molecule has 2 aromatic carbocycles. The number of carboxylic acid groups (broad SMARTS) is 1. The first-order valence-electron chi connectivity index (χ1n) is 11.7. The Morgan fingerprint density at radius 3 is 2.61 bits per heavy atom. The highest BCUT2D eigenvalue weighted by molar-refractivity contribution is 7.18. The normalized spacial score (nSPS) is 15.1. The van der Waals surface area contributed by atoms with Gasteiger partial charge in [0.2, 0.25) is 11.8 Å². The third kappa shape index (κ3) is 6.32. The number of non-ortho nitro benzene ring substituents is 1. The summed E-state index contributed by atoms with van der Waals surface area (Å²) in [6.45, 7) is 0.694. The van der Waals surface area contributed by atoms with Crippen LogP contribution < -0.4 is 5.32 Å². The first-order chi connectivity index (χ1) is 18.1. The predicted octanol–water partition coefficient (Wildman–Crippen LogP) is 5.70. The summed E-state index contributed by atoms with van der Waals surface area (Å²) < 4.78 is 0.886. The molecule has 0 aliphatic carbocycles. The summed E-state index contributed by atoms with van der Waals surface area (Å²) in [5.74, 6) is -2.14. The van der Waals surface area contributed by atoms with Gasteiger partial charge in [-0.1, -0.05) is 35.3 Å². The fraction of sp³-hybridized carbons (Fsp3) is 0.269. The van der Waals surface area contributed by atoms with Crippen molar-refractivity contribution in [3.8, 4) is 0 Å². The van der Waals surface area contributed by atoms with Gasteiger partial charge in [0.15, 0.2) is 0 Å². The molecular weight excluding hydrogens is 553 g/mol. The summed E-state index contributed by atoms with van der Waals surface area (Å²) in [6.07, 6.45) is 3.43. The molecule has 1 aromatic heterocycles. The van der Waals surface area contributed by atoms with Crippen LogP contribution >= 0.6 is 34.5 Å². The van der Waals surface area contributed by atoms with Gasteiger partial charge in [-0.05, 0) is 52.9 Å². The topological polar surface area (TPSA) is 130 Å². The van der Waals surface area contributed by atoms with E-state index in [1.165, 1.54) is 35.6 Å². The Hall–Kier alpha value is -3.47. The average molecular weight is 576 g/mol. The lowest BCUT2D eigenvalue weighted by Crippen LogP contribution is -2.43. The van der Waals surface area contributed by atoms with E-state index in [4.69, 9.17) is 23.2 Å². The highest BCUT2D eigenvalue weighted by Gasteiger charge is 2.29. The van der Waals surface area contributed by atoms with Gasteiger partial charge in [-0.25, -0.2) is 0 Å². The number of nitro groups is 1. The Morgan fingerprint density at radius 2 is 1.92 bits per heavy atom. The van der Waals surface area contributed by atoms with E-state index in [0.717, 1.165) is 10.1 Å². The van der Waals surface area contributed by atoms with E-state index in [2.05, 4.69) is 5.32 Å². The number of benzene rings is 2. The van der Waals surface area contributed by atoms with E-state index in [1.54, 1.807) is 17.0 Å². The molecule has 1 aliphatic rings. The molecule has 1 fully saturated rings. The van der Waals surface area contributed by atoms with Gasteiger partial charge in [0.1, 0.15) is 0 Å². The number of nitrogens with one attached hydrogen (secondary N) is 1. The second kappa shape index (κ2) is 11.9. The lowest BCUT2D eigenvalue weighted by atomic mass is 9.94. The third-order valence-corrected chi connectivity index (χ3v) is 8.36. The standard InChI is InChI=1S/C26H23Cl2N3O6S/c27-23-17(12-18-8-11-38-25(18)24(23)28)4-5-21(32)30-9-6-15(7-10-30)26(35)29-20(14-22(33)34)16-2-1-3-19(13-16)31(36)37/h1-5,8,11-13,15,20H,6-7,9-10,14H2,(H,29,35)(H,33,34). The molecule has 1 saturated heterocycles. The summed E-state index contributed by atoms with van der Waals surface area (Å²) in [6, 6.07) is 8.44. The summed E-state index contributed by atoms with van der Waals surface area (Å²) in [7, 11) is 0. The molecule has 0 saturated carbocycles. The number of fused-ring (bicyclic) bond motifs is 1. The maximum Gasteiger partial charge on any atom is 0.305 e. The Labute approximate surface area is 231 Å². The number of hydrogen-bond acceptors (Lipinski definition) is 6. The van der Waals surface area contributed by atoms with Gasteiger partial charge in [0.05, 0.1) is 32.1 Å². The minimum atomic E-state index is -1.14. The molecule has 38 heavy (non-hydrogen) atoms. The SMILES string of the molecule is O=C(O)CC(NC(=O)C1CCN(C(=O)C=Cc2cc3ccsc3c(Cl)c2Cl)CC1)c1cccc([N+](=O)[O-])c1. The zero-order chi connectivity index (χ0) is 27.4. The van der Waals surface area contributed by atoms with Crippen molar-refractivity contribution in [1.29, 1.82) is 0 Å². The Kier molecular flexibility index (Phi) is 8.65. The number of nitrogens with zero attached hydrogens (tertiary/aromatic N) is 2. The van der Waals surface area contributed by atoms with E-state index >= 15 is 0 Å². The number of likely N-dealkylation sites (tertiary alicyclic amines) is 1. The lowest BCUT2D eigenvalue weighted by Gasteiger charge is -2.31. The van der Waals surface area contributed by atoms with Crippen molar-refractivity contribution in [2.24, 2.45) is 5.92 Å². The van der Waals surface area contributed by atoms with Crippen molar-refractivity contribution in [3.05, 3.63) is 79.1 Å². The first kappa shape index (κ1) is 27.6. The number of carbonyl (C=O) groups is 3. The van der Waals surface area contributed by atoms with Crippen LogP contribution in [0.4, 0.5) is 5.69 Å². The Balaban J connectivity index is 1.37. The molecule has 0 spiro atoms. The molecule has 1 atom stereocenters. The van der Waals surface area contributed by atoms with Crippen molar-refractivity contribution in [2.45, 2.75) is 25.3 Å². The number of amides is 2. The molecule has 12 heteroatoms. The monoisotopic (exact) mass is 575 g/mol. The van der Waals surface area contributed by atoms with E-state index < -0.39 is 29.3 Å². The van der Waals surface area contributed by atoms with Crippen molar-refractivity contribution in [2.75, 3.05) is 13.1 Å². The molecule has 2 amide bonds. The zero-order valence-corrected chi connectivity index (χ0v) is 22.3. The van der Waals surface area contributed by atoms with Crippen LogP contribution in [0.2, 0.25) is 10.0 Å². The van der Waals surface area contributed by atoms with E-state index in [1.807, 2.05) is 17.5 Å². The molecule has 0 bridgehead atoms. The van der Waals surface area contributed by atoms with Crippen LogP contribution in [0.3, 0.4) is 0 Å². The predicted molar refractivity (Wildman–Crippen MR) is 146 cm³/mol. The van der Waals surface area contributed by atoms with Gasteiger partial charge in [-0.3, -0.25) is 24.5 Å². The van der Waals surface area contributed by atoms with Crippen LogP contribution in [0.25, 0.3) is 16.2 Å². The quantitative estimate of drug-likeness (QED) is 0.201. The fourth-order valence-electron chi connectivity index (χ4n) is 4.39. The second-order valence-corrected chi connectivity index (χ2v) is 10.5. The number of rotatable bonds is 8. The van der Waals surface area contributed by atoms with E-state index in [-0.39, 0.29) is 17.5 Å². The van der Waals surface area contributed by atoms with Gasteiger partial charge in [-0.15, -0.1) is 11.3 Å². The number of carbonyl (C=O) groups excluding carboxylic acids is 2. The van der Waals surface area contributed by atoms with E-state index in [0.29, 0.717) is 47.1 Å². The molecule has 3 aromatic rings. The summed E-state index contributed by atoms with van der Waals surface area (Å²) in [5.41, 5.74) is 0.786. The number of aliphatic carboxylic acids is 1. The molecule has 4 rings (SSSR count). The first-order valence-corrected chi connectivity index (χ1v) is 13.4. The van der Waals surface area contributed by atoms with Gasteiger partial charge >= 0.3 is 5.97 Å². The number of nitro benzene ring substituents is 1. The number of carboxylic acids is 1. The summed E-state index contributed by atoms with van der Waals surface area (Å²) in [4.78, 5) is 49.3. The van der Waals surface area contributed by atoms with Crippen LogP contribution in [-0.4, -0.2) is 45.8 Å². The number of hydrogen-bond donors (Lipinski definition) is 2. The molecule has 1 aliphatic heterocycles. The second-order valence-electron chi connectivity index (χ2n) is 8.88. The minimum absolute atomic E-state index is 0.189. The number of halogens is 2. The largest absolute Gasteiger partial charge is 0.481 e. The maximum atomic E-state index is 12.9. The summed E-state index contributed by atoms with van der Waals surface area (Å²) >= 11 is 14.2. The van der Waals surface area contributed by atoms with Crippen LogP contribution in [0, 0.1) is 16.0 Å². The van der Waals surface area contributed by atoms with E-state index in [9.17, 15) is 29.6 Å². The Morgan fingerprint density at radius 1 is 1.18 bits per heavy atom. The van der Waals surface area contributed by atoms with Gasteiger partial charge in [-0.2, -0.15) is 0 Å². The zero-order valence-electron chi connectivity index (χ0n) is 19.9. The van der Waals surface area contributed by atoms with Crippen LogP contribution in [0.15, 0.2) is 47.9 Å². The summed E-state index contributed by atoms with van der Waals surface area (Å²) in [5, 5.41) is 26.8. The molecule has 0 radical (unpaired) electrons. The van der Waals surface area contributed by atoms with Crippen molar-refractivity contribution >= 4 is 74.2 Å². The highest BCUT2D eigenvalue weighted by Crippen LogP contribution is 2.37. The Bertz CT molecular complexity index is 1430. The van der Waals surface area contributed by atoms with Gasteiger partial charge < -0.3 is 15.3 Å². The highest BCUT2D eigenvalue weighted by atomic mass is 35.5. The van der Waals surface area contributed by atoms with Crippen LogP contribution in [-0.2, 0) is 14.4 Å². The molecule has 2 heterocycles. The molecule has 198 valence electrons. The van der Waals surface area contributed by atoms with Crippen LogP contribution in [0.1, 0.15) is 36.4 Å². The van der Waals surface area contributed by atoms with Crippen LogP contribution in [0.5, 0.6) is 0 Å². The van der Waals surface area contributed by atoms with Crippen molar-refractivity contribution < 1.29 is 24.4 Å². The smallest absolute Gasteiger partial charge is 0.305 e. The third-order valence-electron chi connectivity index (χ3n) is 6.41. The molecule has 2 N–H and O–H groups in total. The molecule has 1 unspecified atom stereocenters. The number of thiophene rings is 1. The van der Waals surface area contributed by atoms with Gasteiger partial charge in [0, 0.05) is 37.2 Å². The van der Waals surface area contributed by atoms with Gasteiger partial charge in [0.25, 0.3) is 5.69 Å². The number of piperidine rings is 1. The average Bonchev–Trinajstić information content (AvgIpc) is 3.38. The lowest BCUT2D eigenvalue weighted by molar-refractivity contribution is -0.384. The maximum absolute atomic E-state index is 12.9. The van der Waals surface area contributed by atoms with Crippen molar-refractivity contribution in [3.63, 3.8) is 0 Å². The molecular formula is C26H23Cl2N3O6S.